The summed E-state index contributed by atoms with van der Waals surface area (Å²) in [6.45, 7) is 0. The maximum Gasteiger partial charge on any atom is 0.211 e. The van der Waals surface area contributed by atoms with Crippen molar-refractivity contribution in [3.63, 3.8) is 0 Å². The molecule has 0 radical (unpaired) electrons. The lowest BCUT2D eigenvalue weighted by atomic mass is 10.0. The monoisotopic (exact) mass is 365 g/mol. The Kier molecular flexibility index (Phi) is 3.54. The Balaban J connectivity index is 1.78. The third-order valence-electron chi connectivity index (χ3n) is 4.27. The van der Waals surface area contributed by atoms with Crippen molar-refractivity contribution < 1.29 is 0 Å². The normalized spacial score (nSPS) is 13.5. The van der Waals surface area contributed by atoms with Crippen LogP contribution in [0.5, 0.6) is 0 Å². The van der Waals surface area contributed by atoms with Crippen LogP contribution in [-0.2, 0) is 12.8 Å². The minimum atomic E-state index is 0.412. The third kappa shape index (κ3) is 2.49. The number of nitrogens with zero attached hydrogens (tertiary/aromatic N) is 2. The van der Waals surface area contributed by atoms with E-state index in [1.165, 1.54) is 21.9 Å². The fraction of sp³-hybridized carbons (Fsp3) is 0.105. The number of rotatable bonds is 2. The van der Waals surface area contributed by atoms with Gasteiger partial charge in [-0.3, -0.25) is 0 Å². The van der Waals surface area contributed by atoms with Gasteiger partial charge in [-0.2, -0.15) is 0 Å². The molecule has 0 aliphatic heterocycles. The first-order chi connectivity index (χ1) is 11.2. The minimum absolute atomic E-state index is 0.412. The second-order valence-electron chi connectivity index (χ2n) is 5.67. The van der Waals surface area contributed by atoms with Gasteiger partial charge < -0.3 is 5.73 Å². The molecule has 0 saturated heterocycles. The van der Waals surface area contributed by atoms with Crippen LogP contribution in [0.2, 0.25) is 0 Å². The third-order valence-corrected chi connectivity index (χ3v) is 5.05. The van der Waals surface area contributed by atoms with E-state index in [9.17, 15) is 0 Å². The average Bonchev–Trinajstić information content (AvgIpc) is 3.02. The zero-order valence-electron chi connectivity index (χ0n) is 12.5. The van der Waals surface area contributed by atoms with Gasteiger partial charge in [-0.15, -0.1) is 0 Å². The molecule has 0 saturated carbocycles. The highest BCUT2D eigenvalue weighted by Gasteiger charge is 2.16. The van der Waals surface area contributed by atoms with E-state index in [4.69, 9.17) is 5.73 Å². The molecule has 3 nitrogen and oxygen atoms in total. The molecule has 0 amide bonds. The highest BCUT2D eigenvalue weighted by atomic mass is 79.9. The summed E-state index contributed by atoms with van der Waals surface area (Å²) in [5, 5.41) is 2.52. The summed E-state index contributed by atoms with van der Waals surface area (Å²) in [5.41, 5.74) is 10.9. The lowest BCUT2D eigenvalue weighted by Crippen LogP contribution is -2.28. The molecule has 1 aliphatic rings. The second kappa shape index (κ2) is 5.70. The SMILES string of the molecule is NC(=Nc1ccc2c3c(cccc13)CC2)N(Br)c1ccccc1. The first-order valence-corrected chi connectivity index (χ1v) is 8.33. The Morgan fingerprint density at radius 3 is 2.43 bits per heavy atom. The Bertz CT molecular complexity index is 893. The zero-order valence-corrected chi connectivity index (χ0v) is 14.1. The molecular weight excluding hydrogens is 350 g/mol. The van der Waals surface area contributed by atoms with Crippen LogP contribution < -0.4 is 9.66 Å². The number of hydrogen-bond acceptors (Lipinski definition) is 1. The average molecular weight is 366 g/mol. The topological polar surface area (TPSA) is 41.6 Å². The first-order valence-electron chi connectivity index (χ1n) is 7.62. The Morgan fingerprint density at radius 2 is 1.65 bits per heavy atom. The molecule has 3 aromatic carbocycles. The fourth-order valence-electron chi connectivity index (χ4n) is 3.19. The Hall–Kier alpha value is -2.33. The highest BCUT2D eigenvalue weighted by molar-refractivity contribution is 9.10. The van der Waals surface area contributed by atoms with Crippen molar-refractivity contribution in [2.45, 2.75) is 12.8 Å². The molecule has 0 unspecified atom stereocenters. The van der Waals surface area contributed by atoms with Crippen molar-refractivity contribution in [1.82, 2.24) is 0 Å². The van der Waals surface area contributed by atoms with Crippen molar-refractivity contribution in [3.05, 3.63) is 71.8 Å². The molecule has 3 aromatic rings. The molecule has 2 N–H and O–H groups in total. The Morgan fingerprint density at radius 1 is 0.913 bits per heavy atom. The number of anilines is 1. The number of aryl methyl sites for hydroxylation is 2. The highest BCUT2D eigenvalue weighted by Crippen LogP contribution is 2.36. The van der Waals surface area contributed by atoms with Gasteiger partial charge in [0, 0.05) is 5.39 Å². The van der Waals surface area contributed by atoms with E-state index in [2.05, 4.69) is 51.5 Å². The molecule has 4 rings (SSSR count). The number of aliphatic imine (C=N–C) groups is 1. The van der Waals surface area contributed by atoms with Crippen LogP contribution in [-0.4, -0.2) is 5.96 Å². The van der Waals surface area contributed by atoms with Crippen LogP contribution in [0.25, 0.3) is 10.8 Å². The first kappa shape index (κ1) is 14.3. The van der Waals surface area contributed by atoms with E-state index >= 15 is 0 Å². The Labute approximate surface area is 143 Å². The largest absolute Gasteiger partial charge is 0.369 e. The van der Waals surface area contributed by atoms with E-state index < -0.39 is 0 Å². The molecule has 0 fully saturated rings. The number of halogens is 1. The molecular formula is C19H16BrN3. The van der Waals surface area contributed by atoms with Gasteiger partial charge >= 0.3 is 0 Å². The maximum absolute atomic E-state index is 6.19. The van der Waals surface area contributed by atoms with Crippen molar-refractivity contribution in [3.8, 4) is 0 Å². The second-order valence-corrected chi connectivity index (χ2v) is 6.38. The van der Waals surface area contributed by atoms with Gasteiger partial charge in [0.05, 0.1) is 27.5 Å². The number of benzene rings is 3. The lowest BCUT2D eigenvalue weighted by molar-refractivity contribution is 1.02. The van der Waals surface area contributed by atoms with Crippen molar-refractivity contribution >= 4 is 44.3 Å². The van der Waals surface area contributed by atoms with Crippen LogP contribution in [0.15, 0.2) is 65.7 Å². The van der Waals surface area contributed by atoms with Gasteiger partial charge in [-0.05, 0) is 47.6 Å². The van der Waals surface area contributed by atoms with Crippen LogP contribution in [0.1, 0.15) is 11.1 Å². The van der Waals surface area contributed by atoms with E-state index in [1.807, 2.05) is 30.3 Å². The standard InChI is InChI=1S/C19H16BrN3/c20-23(15-6-2-1-3-7-15)19(21)22-17-12-11-14-10-9-13-5-4-8-16(17)18(13)14/h1-8,11-12H,9-10H2,(H2,21,22). The molecule has 0 heterocycles. The van der Waals surface area contributed by atoms with Crippen molar-refractivity contribution in [1.29, 1.82) is 0 Å². The summed E-state index contributed by atoms with van der Waals surface area (Å²) in [6.07, 6.45) is 2.23. The summed E-state index contributed by atoms with van der Waals surface area (Å²) in [6, 6.07) is 20.5. The van der Waals surface area contributed by atoms with Crippen LogP contribution >= 0.6 is 16.1 Å². The summed E-state index contributed by atoms with van der Waals surface area (Å²) < 4.78 is 1.72. The lowest BCUT2D eigenvalue weighted by Gasteiger charge is -2.15. The fourth-order valence-corrected chi connectivity index (χ4v) is 3.50. The quantitative estimate of drug-likeness (QED) is 0.406. The van der Waals surface area contributed by atoms with Gasteiger partial charge in [0.1, 0.15) is 0 Å². The minimum Gasteiger partial charge on any atom is -0.369 e. The number of guanidine groups is 1. The summed E-state index contributed by atoms with van der Waals surface area (Å²) >= 11 is 3.49. The molecule has 0 spiro atoms. The smallest absolute Gasteiger partial charge is 0.211 e. The predicted octanol–water partition coefficient (Wildman–Crippen LogP) is 4.70. The van der Waals surface area contributed by atoms with Crippen LogP contribution in [0.4, 0.5) is 11.4 Å². The summed E-state index contributed by atoms with van der Waals surface area (Å²) in [7, 11) is 0. The van der Waals surface area contributed by atoms with Crippen molar-refractivity contribution in [2.24, 2.45) is 10.7 Å². The van der Waals surface area contributed by atoms with Gasteiger partial charge in [0.15, 0.2) is 0 Å². The van der Waals surface area contributed by atoms with Gasteiger partial charge in [0.25, 0.3) is 0 Å². The van der Waals surface area contributed by atoms with E-state index in [-0.39, 0.29) is 0 Å². The number of hydrogen-bond donors (Lipinski definition) is 1. The van der Waals surface area contributed by atoms with Gasteiger partial charge in [-0.25, -0.2) is 8.92 Å². The molecule has 23 heavy (non-hydrogen) atoms. The van der Waals surface area contributed by atoms with E-state index in [0.717, 1.165) is 24.2 Å². The molecule has 114 valence electrons. The van der Waals surface area contributed by atoms with Crippen LogP contribution in [0, 0.1) is 0 Å². The maximum atomic E-state index is 6.19. The molecule has 0 aromatic heterocycles. The van der Waals surface area contributed by atoms with E-state index in [0.29, 0.717) is 5.96 Å². The zero-order chi connectivity index (χ0) is 15.8. The van der Waals surface area contributed by atoms with Gasteiger partial charge in [0.2, 0.25) is 5.96 Å². The van der Waals surface area contributed by atoms with Crippen molar-refractivity contribution in [2.75, 3.05) is 3.93 Å². The van der Waals surface area contributed by atoms with Crippen LogP contribution in [0.3, 0.4) is 0 Å². The summed E-state index contributed by atoms with van der Waals surface area (Å²) in [5.74, 6) is 0.412. The number of para-hydroxylation sites is 1. The summed E-state index contributed by atoms with van der Waals surface area (Å²) in [4.78, 5) is 4.65. The number of nitrogens with two attached hydrogens (primary N) is 1. The van der Waals surface area contributed by atoms with Gasteiger partial charge in [-0.1, -0.05) is 42.5 Å². The molecule has 0 atom stereocenters. The molecule has 4 heteroatoms. The predicted molar refractivity (Wildman–Crippen MR) is 100 cm³/mol. The molecule has 0 bridgehead atoms. The molecule has 1 aliphatic carbocycles. The van der Waals surface area contributed by atoms with E-state index in [1.54, 1.807) is 3.93 Å².